The molecule has 2 atom stereocenters. The van der Waals surface area contributed by atoms with Crippen LogP contribution in [0.15, 0.2) is 0 Å². The number of carbonyl (C=O) groups excluding carboxylic acids is 2. The lowest BCUT2D eigenvalue weighted by Crippen LogP contribution is -2.48. The zero-order chi connectivity index (χ0) is 13.1. The van der Waals surface area contributed by atoms with Gasteiger partial charge < -0.3 is 20.2 Å². The van der Waals surface area contributed by atoms with E-state index < -0.39 is 12.1 Å². The molecule has 2 aliphatic heterocycles. The predicted octanol–water partition coefficient (Wildman–Crippen LogP) is -1.21. The quantitative estimate of drug-likeness (QED) is 0.617. The van der Waals surface area contributed by atoms with E-state index in [9.17, 15) is 14.7 Å². The van der Waals surface area contributed by atoms with E-state index in [1.54, 1.807) is 4.90 Å². The summed E-state index contributed by atoms with van der Waals surface area (Å²) in [6, 6.07) is -0.476. The molecule has 2 heterocycles. The van der Waals surface area contributed by atoms with Crippen molar-refractivity contribution in [3.63, 3.8) is 0 Å². The molecule has 0 aromatic heterocycles. The van der Waals surface area contributed by atoms with Crippen LogP contribution in [0.5, 0.6) is 0 Å². The maximum atomic E-state index is 12.4. The molecular formula is C12H21N3O3. The summed E-state index contributed by atoms with van der Waals surface area (Å²) in [5.74, 6) is -0.164. The zero-order valence-corrected chi connectivity index (χ0v) is 10.8. The van der Waals surface area contributed by atoms with Crippen LogP contribution in [0, 0.1) is 0 Å². The van der Waals surface area contributed by atoms with Gasteiger partial charge in [0, 0.05) is 39.5 Å². The SMILES string of the molecule is CC(=O)N1CC(O)CC1C(=O)N1CCCNCC1. The van der Waals surface area contributed by atoms with E-state index in [4.69, 9.17) is 0 Å². The van der Waals surface area contributed by atoms with E-state index in [1.165, 1.54) is 11.8 Å². The Labute approximate surface area is 107 Å². The van der Waals surface area contributed by atoms with E-state index in [-0.39, 0.29) is 18.4 Å². The number of aliphatic hydroxyl groups is 1. The molecule has 18 heavy (non-hydrogen) atoms. The first-order valence-electron chi connectivity index (χ1n) is 6.54. The summed E-state index contributed by atoms with van der Waals surface area (Å²) in [7, 11) is 0. The third-order valence-corrected chi connectivity index (χ3v) is 3.62. The highest BCUT2D eigenvalue weighted by molar-refractivity contribution is 5.87. The highest BCUT2D eigenvalue weighted by atomic mass is 16.3. The van der Waals surface area contributed by atoms with Crippen LogP contribution >= 0.6 is 0 Å². The van der Waals surface area contributed by atoms with Crippen LogP contribution < -0.4 is 5.32 Å². The van der Waals surface area contributed by atoms with Crippen molar-refractivity contribution in [1.82, 2.24) is 15.1 Å². The Kier molecular flexibility index (Phi) is 4.19. The maximum Gasteiger partial charge on any atom is 0.245 e. The van der Waals surface area contributed by atoms with E-state index >= 15 is 0 Å². The minimum absolute atomic E-state index is 0.0227. The van der Waals surface area contributed by atoms with Crippen LogP contribution in [-0.2, 0) is 9.59 Å². The van der Waals surface area contributed by atoms with Crippen LogP contribution in [0.3, 0.4) is 0 Å². The molecule has 6 heteroatoms. The molecule has 0 radical (unpaired) electrons. The van der Waals surface area contributed by atoms with E-state index in [0.717, 1.165) is 26.1 Å². The Hall–Kier alpha value is -1.14. The molecule has 2 N–H and O–H groups in total. The number of nitrogens with zero attached hydrogens (tertiary/aromatic N) is 2. The third kappa shape index (κ3) is 2.81. The Morgan fingerprint density at radius 3 is 2.78 bits per heavy atom. The molecule has 2 aliphatic rings. The Bertz CT molecular complexity index is 327. The number of carbonyl (C=O) groups is 2. The number of β-amino-alcohol motifs (C(OH)–C–C–N with tert-alkyl or cyclic N) is 1. The minimum atomic E-state index is -0.576. The van der Waals surface area contributed by atoms with E-state index in [1.807, 2.05) is 0 Å². The number of amides is 2. The molecule has 6 nitrogen and oxygen atoms in total. The molecule has 2 unspecified atom stereocenters. The fourth-order valence-corrected chi connectivity index (χ4v) is 2.67. The number of rotatable bonds is 1. The van der Waals surface area contributed by atoms with Gasteiger partial charge in [-0.05, 0) is 13.0 Å². The van der Waals surface area contributed by atoms with Crippen molar-refractivity contribution in [2.75, 3.05) is 32.7 Å². The second-order valence-electron chi connectivity index (χ2n) is 5.01. The van der Waals surface area contributed by atoms with Crippen molar-refractivity contribution in [2.45, 2.75) is 31.9 Å². The van der Waals surface area contributed by atoms with Gasteiger partial charge in [-0.1, -0.05) is 0 Å². The summed E-state index contributed by atoms with van der Waals surface area (Å²) >= 11 is 0. The molecule has 0 aromatic carbocycles. The van der Waals surface area contributed by atoms with Crippen molar-refractivity contribution in [2.24, 2.45) is 0 Å². The molecule has 0 aromatic rings. The van der Waals surface area contributed by atoms with Gasteiger partial charge in [0.25, 0.3) is 0 Å². The van der Waals surface area contributed by atoms with Crippen LogP contribution in [0.1, 0.15) is 19.8 Å². The second kappa shape index (κ2) is 5.67. The lowest BCUT2D eigenvalue weighted by atomic mass is 10.1. The van der Waals surface area contributed by atoms with E-state index in [2.05, 4.69) is 5.32 Å². The molecular weight excluding hydrogens is 234 g/mol. The summed E-state index contributed by atoms with van der Waals surface area (Å²) in [6.45, 7) is 4.84. The predicted molar refractivity (Wildman–Crippen MR) is 65.9 cm³/mol. The van der Waals surface area contributed by atoms with Gasteiger partial charge in [0.2, 0.25) is 11.8 Å². The lowest BCUT2D eigenvalue weighted by molar-refractivity contribution is -0.142. The van der Waals surface area contributed by atoms with Gasteiger partial charge in [-0.15, -0.1) is 0 Å². The highest BCUT2D eigenvalue weighted by Crippen LogP contribution is 2.20. The molecule has 0 bridgehead atoms. The minimum Gasteiger partial charge on any atom is -0.391 e. The standard InChI is InChI=1S/C12H21N3O3/c1-9(16)15-8-10(17)7-11(15)12(18)14-5-2-3-13-4-6-14/h10-11,13,17H,2-8H2,1H3. The van der Waals surface area contributed by atoms with E-state index in [0.29, 0.717) is 13.0 Å². The number of hydrogen-bond donors (Lipinski definition) is 2. The topological polar surface area (TPSA) is 72.9 Å². The Balaban J connectivity index is 2.04. The fourth-order valence-electron chi connectivity index (χ4n) is 2.67. The summed E-state index contributed by atoms with van der Waals surface area (Å²) in [5.41, 5.74) is 0. The first-order chi connectivity index (χ1) is 8.59. The van der Waals surface area contributed by atoms with Gasteiger partial charge in [-0.2, -0.15) is 0 Å². The number of likely N-dealkylation sites (tertiary alicyclic amines) is 1. The van der Waals surface area contributed by atoms with Crippen molar-refractivity contribution in [3.05, 3.63) is 0 Å². The molecule has 102 valence electrons. The summed E-state index contributed by atoms with van der Waals surface area (Å²) < 4.78 is 0. The van der Waals surface area contributed by atoms with Gasteiger partial charge in [0.1, 0.15) is 6.04 Å². The molecule has 2 amide bonds. The van der Waals surface area contributed by atoms with Crippen molar-refractivity contribution < 1.29 is 14.7 Å². The Morgan fingerprint density at radius 1 is 1.28 bits per heavy atom. The fraction of sp³-hybridized carbons (Fsp3) is 0.833. The van der Waals surface area contributed by atoms with Crippen molar-refractivity contribution in [1.29, 1.82) is 0 Å². The smallest absolute Gasteiger partial charge is 0.245 e. The van der Waals surface area contributed by atoms with Crippen molar-refractivity contribution >= 4 is 11.8 Å². The van der Waals surface area contributed by atoms with Crippen LogP contribution in [0.2, 0.25) is 0 Å². The number of nitrogens with one attached hydrogen (secondary N) is 1. The van der Waals surface area contributed by atoms with Gasteiger partial charge >= 0.3 is 0 Å². The van der Waals surface area contributed by atoms with Crippen molar-refractivity contribution in [3.8, 4) is 0 Å². The molecule has 2 rings (SSSR count). The largest absolute Gasteiger partial charge is 0.391 e. The summed E-state index contributed by atoms with van der Waals surface area (Å²) in [6.07, 6.45) is 0.719. The van der Waals surface area contributed by atoms with Gasteiger partial charge in [-0.3, -0.25) is 9.59 Å². The van der Waals surface area contributed by atoms with Crippen LogP contribution in [-0.4, -0.2) is 71.6 Å². The average Bonchev–Trinajstić information content (AvgIpc) is 2.56. The molecule has 0 spiro atoms. The van der Waals surface area contributed by atoms with Crippen LogP contribution in [0.25, 0.3) is 0 Å². The number of aliphatic hydroxyl groups excluding tert-OH is 1. The van der Waals surface area contributed by atoms with Crippen LogP contribution in [0.4, 0.5) is 0 Å². The third-order valence-electron chi connectivity index (χ3n) is 3.62. The van der Waals surface area contributed by atoms with Gasteiger partial charge in [0.05, 0.1) is 6.10 Å². The van der Waals surface area contributed by atoms with Gasteiger partial charge in [-0.25, -0.2) is 0 Å². The lowest BCUT2D eigenvalue weighted by Gasteiger charge is -2.28. The number of hydrogen-bond acceptors (Lipinski definition) is 4. The Morgan fingerprint density at radius 2 is 2.06 bits per heavy atom. The first-order valence-corrected chi connectivity index (χ1v) is 6.54. The summed E-state index contributed by atoms with van der Waals surface area (Å²) in [4.78, 5) is 27.2. The average molecular weight is 255 g/mol. The first kappa shape index (κ1) is 13.3. The molecule has 2 fully saturated rings. The molecule has 2 saturated heterocycles. The highest BCUT2D eigenvalue weighted by Gasteiger charge is 2.39. The maximum absolute atomic E-state index is 12.4. The molecule has 0 aliphatic carbocycles. The van der Waals surface area contributed by atoms with Gasteiger partial charge in [0.15, 0.2) is 0 Å². The normalized spacial score (nSPS) is 29.2. The second-order valence-corrected chi connectivity index (χ2v) is 5.01. The summed E-state index contributed by atoms with van der Waals surface area (Å²) in [5, 5.41) is 12.9. The zero-order valence-electron chi connectivity index (χ0n) is 10.8. The molecule has 0 saturated carbocycles. The monoisotopic (exact) mass is 255 g/mol.